The third kappa shape index (κ3) is 4.31. The van der Waals surface area contributed by atoms with Crippen LogP contribution in [0.2, 0.25) is 0 Å². The lowest BCUT2D eigenvalue weighted by molar-refractivity contribution is 0.240. The molecule has 0 spiro atoms. The maximum Gasteiger partial charge on any atom is 0.0705 e. The van der Waals surface area contributed by atoms with E-state index in [1.54, 1.807) is 0 Å². The Kier molecular flexibility index (Phi) is 4.14. The van der Waals surface area contributed by atoms with Crippen molar-refractivity contribution < 1.29 is 0 Å². The lowest BCUT2D eigenvalue weighted by atomic mass is 9.82. The second kappa shape index (κ2) is 5.53. The first-order chi connectivity index (χ1) is 9.25. The second-order valence-electron chi connectivity index (χ2n) is 7.47. The van der Waals surface area contributed by atoms with Crippen LogP contribution in [0.5, 0.6) is 0 Å². The van der Waals surface area contributed by atoms with E-state index in [-0.39, 0.29) is 5.54 Å². The van der Waals surface area contributed by atoms with Crippen LogP contribution in [0.3, 0.4) is 0 Å². The summed E-state index contributed by atoms with van der Waals surface area (Å²) in [5, 5.41) is 4.83. The number of pyridine rings is 1. The van der Waals surface area contributed by atoms with Crippen molar-refractivity contribution in [2.75, 3.05) is 0 Å². The molecule has 0 bridgehead atoms. The van der Waals surface area contributed by atoms with E-state index >= 15 is 0 Å². The molecule has 1 aromatic heterocycles. The number of hydrogen-bond acceptors (Lipinski definition) is 2. The zero-order valence-corrected chi connectivity index (χ0v) is 13.3. The largest absolute Gasteiger partial charge is 0.306 e. The molecule has 2 rings (SSSR count). The highest BCUT2D eigenvalue weighted by Crippen LogP contribution is 2.27. The molecule has 0 fully saturated rings. The van der Waals surface area contributed by atoms with Gasteiger partial charge in [0.2, 0.25) is 0 Å². The quantitative estimate of drug-likeness (QED) is 0.882. The fourth-order valence-corrected chi connectivity index (χ4v) is 2.92. The molecule has 2 nitrogen and oxygen atoms in total. The normalized spacial score (nSPS) is 12.8. The first kappa shape index (κ1) is 15.0. The molecule has 20 heavy (non-hydrogen) atoms. The number of hydrogen-bond donors (Lipinski definition) is 1. The first-order valence-electron chi connectivity index (χ1n) is 7.35. The van der Waals surface area contributed by atoms with Gasteiger partial charge < -0.3 is 5.32 Å². The van der Waals surface area contributed by atoms with Crippen LogP contribution in [-0.2, 0) is 6.54 Å². The van der Waals surface area contributed by atoms with Crippen molar-refractivity contribution >= 4 is 10.9 Å². The van der Waals surface area contributed by atoms with E-state index in [1.807, 2.05) is 12.1 Å². The average Bonchev–Trinajstić information content (AvgIpc) is 2.33. The first-order valence-corrected chi connectivity index (χ1v) is 7.35. The van der Waals surface area contributed by atoms with Gasteiger partial charge in [0.25, 0.3) is 0 Å². The molecule has 2 aromatic rings. The molecule has 2 heteroatoms. The second-order valence-corrected chi connectivity index (χ2v) is 7.47. The number of para-hydroxylation sites is 1. The number of rotatable bonds is 4. The van der Waals surface area contributed by atoms with Crippen molar-refractivity contribution in [2.24, 2.45) is 5.41 Å². The van der Waals surface area contributed by atoms with E-state index in [9.17, 15) is 0 Å². The van der Waals surface area contributed by atoms with Crippen molar-refractivity contribution in [1.82, 2.24) is 10.3 Å². The fourth-order valence-electron chi connectivity index (χ4n) is 2.92. The third-order valence-electron chi connectivity index (χ3n) is 3.38. The van der Waals surface area contributed by atoms with Crippen LogP contribution < -0.4 is 5.32 Å². The van der Waals surface area contributed by atoms with Crippen LogP contribution in [0.1, 0.15) is 46.7 Å². The Morgan fingerprint density at radius 3 is 2.35 bits per heavy atom. The van der Waals surface area contributed by atoms with Crippen molar-refractivity contribution in [3.05, 3.63) is 42.1 Å². The third-order valence-corrected chi connectivity index (χ3v) is 3.38. The van der Waals surface area contributed by atoms with E-state index < -0.39 is 0 Å². The van der Waals surface area contributed by atoms with Gasteiger partial charge >= 0.3 is 0 Å². The Bertz CT molecular complexity index is 579. The number of nitrogens with zero attached hydrogens (tertiary/aromatic N) is 1. The Labute approximate surface area is 122 Å². The smallest absolute Gasteiger partial charge is 0.0705 e. The molecule has 1 heterocycles. The van der Waals surface area contributed by atoms with Crippen LogP contribution in [0.4, 0.5) is 0 Å². The minimum Gasteiger partial charge on any atom is -0.306 e. The molecule has 0 atom stereocenters. The number of fused-ring (bicyclic) bond motifs is 1. The van der Waals surface area contributed by atoms with E-state index in [1.165, 1.54) is 5.39 Å². The number of benzene rings is 1. The summed E-state index contributed by atoms with van der Waals surface area (Å²) in [5.41, 5.74) is 2.62. The zero-order chi connectivity index (χ0) is 14.8. The highest BCUT2D eigenvalue weighted by molar-refractivity contribution is 5.78. The summed E-state index contributed by atoms with van der Waals surface area (Å²) in [4.78, 5) is 4.71. The van der Waals surface area contributed by atoms with Gasteiger partial charge in [-0.15, -0.1) is 0 Å². The maximum atomic E-state index is 4.71. The van der Waals surface area contributed by atoms with Crippen molar-refractivity contribution in [1.29, 1.82) is 0 Å². The summed E-state index contributed by atoms with van der Waals surface area (Å²) >= 11 is 0. The molecule has 1 N–H and O–H groups in total. The molecule has 0 unspecified atom stereocenters. The summed E-state index contributed by atoms with van der Waals surface area (Å²) in [6, 6.07) is 12.5. The van der Waals surface area contributed by atoms with Crippen LogP contribution in [0.15, 0.2) is 36.4 Å². The highest BCUT2D eigenvalue weighted by atomic mass is 15.0. The molecule has 108 valence electrons. The van der Waals surface area contributed by atoms with E-state index in [0.29, 0.717) is 5.41 Å². The molecular formula is C18H26N2. The van der Waals surface area contributed by atoms with Crippen LogP contribution >= 0.6 is 0 Å². The van der Waals surface area contributed by atoms with Crippen molar-refractivity contribution in [3.8, 4) is 0 Å². The molecule has 0 amide bonds. The molecule has 0 saturated carbocycles. The van der Waals surface area contributed by atoms with Gasteiger partial charge in [0.05, 0.1) is 11.2 Å². The predicted molar refractivity (Wildman–Crippen MR) is 86.7 cm³/mol. The van der Waals surface area contributed by atoms with Crippen LogP contribution in [0.25, 0.3) is 10.9 Å². The van der Waals surface area contributed by atoms with Gasteiger partial charge in [0.1, 0.15) is 0 Å². The summed E-state index contributed by atoms with van der Waals surface area (Å²) < 4.78 is 0. The van der Waals surface area contributed by atoms with E-state index in [2.05, 4.69) is 64.2 Å². The summed E-state index contributed by atoms with van der Waals surface area (Å²) in [6.45, 7) is 12.2. The topological polar surface area (TPSA) is 24.9 Å². The van der Waals surface area contributed by atoms with Gasteiger partial charge in [0.15, 0.2) is 0 Å². The molecule has 0 aliphatic heterocycles. The van der Waals surface area contributed by atoms with E-state index in [4.69, 9.17) is 4.98 Å². The SMILES string of the molecule is CC(C)(C)CC(C)(C)NCc1ccc2ccccc2n1. The summed E-state index contributed by atoms with van der Waals surface area (Å²) in [7, 11) is 0. The van der Waals surface area contributed by atoms with Gasteiger partial charge in [-0.1, -0.05) is 45.0 Å². The van der Waals surface area contributed by atoms with Crippen molar-refractivity contribution in [2.45, 2.75) is 53.1 Å². The Balaban J connectivity index is 2.05. The monoisotopic (exact) mass is 270 g/mol. The molecule has 0 saturated heterocycles. The lowest BCUT2D eigenvalue weighted by Crippen LogP contribution is -2.42. The van der Waals surface area contributed by atoms with Gasteiger partial charge in [-0.2, -0.15) is 0 Å². The lowest BCUT2D eigenvalue weighted by Gasteiger charge is -2.33. The fraction of sp³-hybridized carbons (Fsp3) is 0.500. The van der Waals surface area contributed by atoms with Gasteiger partial charge in [-0.25, -0.2) is 0 Å². The number of nitrogens with one attached hydrogen (secondary N) is 1. The molecule has 0 radical (unpaired) electrons. The van der Waals surface area contributed by atoms with Gasteiger partial charge in [-0.3, -0.25) is 4.98 Å². The van der Waals surface area contributed by atoms with Crippen LogP contribution in [0, 0.1) is 5.41 Å². The molecular weight excluding hydrogens is 244 g/mol. The summed E-state index contributed by atoms with van der Waals surface area (Å²) in [5.74, 6) is 0. The molecule has 1 aromatic carbocycles. The van der Waals surface area contributed by atoms with Gasteiger partial charge in [0, 0.05) is 17.5 Å². The zero-order valence-electron chi connectivity index (χ0n) is 13.3. The minimum absolute atomic E-state index is 0.117. The predicted octanol–water partition coefficient (Wildman–Crippen LogP) is 4.54. The maximum absolute atomic E-state index is 4.71. The van der Waals surface area contributed by atoms with Crippen molar-refractivity contribution in [3.63, 3.8) is 0 Å². The highest BCUT2D eigenvalue weighted by Gasteiger charge is 2.24. The Morgan fingerprint density at radius 1 is 0.950 bits per heavy atom. The standard InChI is InChI=1S/C18H26N2/c1-17(2,3)13-18(4,5)19-12-15-11-10-14-8-6-7-9-16(14)20-15/h6-11,19H,12-13H2,1-5H3. The molecule has 0 aliphatic rings. The molecule has 0 aliphatic carbocycles. The van der Waals surface area contributed by atoms with Crippen LogP contribution in [-0.4, -0.2) is 10.5 Å². The summed E-state index contributed by atoms with van der Waals surface area (Å²) in [6.07, 6.45) is 1.13. The van der Waals surface area contributed by atoms with E-state index in [0.717, 1.165) is 24.2 Å². The minimum atomic E-state index is 0.117. The number of aromatic nitrogens is 1. The Morgan fingerprint density at radius 2 is 1.65 bits per heavy atom. The average molecular weight is 270 g/mol. The Hall–Kier alpha value is -1.41. The van der Waals surface area contributed by atoms with Gasteiger partial charge in [-0.05, 0) is 37.8 Å².